The van der Waals surface area contributed by atoms with E-state index in [0.29, 0.717) is 22.5 Å². The Kier molecular flexibility index (Phi) is 6.99. The van der Waals surface area contributed by atoms with Crippen molar-refractivity contribution in [3.63, 3.8) is 0 Å². The molecule has 0 aliphatic rings. The first-order valence-corrected chi connectivity index (χ1v) is 11.0. The molecule has 0 aliphatic heterocycles. The van der Waals surface area contributed by atoms with Crippen molar-refractivity contribution < 1.29 is 19.4 Å². The smallest absolute Gasteiger partial charge is 0.351 e. The van der Waals surface area contributed by atoms with Crippen molar-refractivity contribution >= 4 is 5.97 Å². The van der Waals surface area contributed by atoms with E-state index in [0.717, 1.165) is 5.56 Å². The molecule has 0 N–H and O–H groups in total. The van der Waals surface area contributed by atoms with Crippen molar-refractivity contribution in [3.05, 3.63) is 125 Å². The van der Waals surface area contributed by atoms with Gasteiger partial charge in [0.15, 0.2) is 0 Å². The number of hydrogen-bond acceptors (Lipinski definition) is 5. The highest BCUT2D eigenvalue weighted by Crippen LogP contribution is 2.36. The number of nitrogens with zero attached hydrogens (tertiary/aromatic N) is 2. The van der Waals surface area contributed by atoms with Crippen LogP contribution in [-0.4, -0.2) is 22.0 Å². The van der Waals surface area contributed by atoms with Crippen LogP contribution < -0.4 is 4.74 Å². The molecule has 0 saturated carbocycles. The molecule has 3 aromatic carbocycles. The maximum Gasteiger partial charge on any atom is 0.351 e. The van der Waals surface area contributed by atoms with Crippen LogP contribution in [0.3, 0.4) is 0 Å². The van der Waals surface area contributed by atoms with Gasteiger partial charge in [0.05, 0.1) is 0 Å². The third kappa shape index (κ3) is 5.13. The lowest BCUT2D eigenvalue weighted by molar-refractivity contribution is -0.171. The predicted octanol–water partition coefficient (Wildman–Crippen LogP) is 4.96. The first kappa shape index (κ1) is 23.1. The van der Waals surface area contributed by atoms with Gasteiger partial charge in [0.25, 0.3) is 0 Å². The van der Waals surface area contributed by atoms with Gasteiger partial charge in [0.1, 0.15) is 6.61 Å². The van der Waals surface area contributed by atoms with Gasteiger partial charge in [-0.1, -0.05) is 91.0 Å². The molecular weight excluding hydrogens is 428 g/mol. The molecule has 4 rings (SSSR count). The summed E-state index contributed by atoms with van der Waals surface area (Å²) in [4.78, 5) is 22.1. The van der Waals surface area contributed by atoms with E-state index in [1.165, 1.54) is 0 Å². The summed E-state index contributed by atoms with van der Waals surface area (Å²) < 4.78 is 11.6. The van der Waals surface area contributed by atoms with Gasteiger partial charge < -0.3 is 9.47 Å². The Labute approximate surface area is 198 Å². The van der Waals surface area contributed by atoms with Crippen molar-refractivity contribution in [1.29, 1.82) is 0 Å². The Morgan fingerprint density at radius 1 is 0.794 bits per heavy atom. The van der Waals surface area contributed by atoms with Gasteiger partial charge >= 0.3 is 12.0 Å². The molecule has 34 heavy (non-hydrogen) atoms. The minimum Gasteiger partial charge on any atom is -0.458 e. The molecule has 1 radical (unpaired) electrons. The maximum atomic E-state index is 14.8. The van der Waals surface area contributed by atoms with Crippen molar-refractivity contribution in [2.45, 2.75) is 32.2 Å². The van der Waals surface area contributed by atoms with Gasteiger partial charge in [-0.05, 0) is 36.6 Å². The summed E-state index contributed by atoms with van der Waals surface area (Å²) in [6.45, 7) is 3.60. The summed E-state index contributed by atoms with van der Waals surface area (Å²) in [5.41, 5.74) is 0.745. The number of rotatable bonds is 8. The molecule has 4 aromatic rings. The molecule has 0 aliphatic carbocycles. The third-order valence-corrected chi connectivity index (χ3v) is 5.40. The molecule has 1 atom stereocenters. The Morgan fingerprint density at radius 3 is 1.76 bits per heavy atom. The van der Waals surface area contributed by atoms with Gasteiger partial charge in [-0.15, -0.1) is 0 Å². The molecule has 1 heterocycles. The summed E-state index contributed by atoms with van der Waals surface area (Å²) >= 11 is 0. The summed E-state index contributed by atoms with van der Waals surface area (Å²) in [5.74, 6) is -0.797. The number of benzene rings is 3. The molecule has 1 aromatic heterocycles. The van der Waals surface area contributed by atoms with Crippen LogP contribution in [0.4, 0.5) is 0 Å². The highest BCUT2D eigenvalue weighted by Gasteiger charge is 2.50. The molecule has 0 saturated heterocycles. The highest BCUT2D eigenvalue weighted by molar-refractivity contribution is 5.78. The number of esters is 1. The second-order valence-electron chi connectivity index (χ2n) is 7.99. The lowest BCUT2D eigenvalue weighted by atomic mass is 9.81. The molecule has 0 bridgehead atoms. The van der Waals surface area contributed by atoms with E-state index in [2.05, 4.69) is 9.97 Å². The Balaban J connectivity index is 1.78. The lowest BCUT2D eigenvalue weighted by Gasteiger charge is -2.33. The zero-order valence-electron chi connectivity index (χ0n) is 19.0. The van der Waals surface area contributed by atoms with E-state index in [4.69, 9.17) is 9.47 Å². The van der Waals surface area contributed by atoms with Crippen LogP contribution in [0.15, 0.2) is 97.1 Å². The lowest BCUT2D eigenvalue weighted by Crippen LogP contribution is -2.49. The number of aryl methyl sites for hydroxylation is 2. The van der Waals surface area contributed by atoms with Crippen LogP contribution in [0.1, 0.15) is 28.1 Å². The average molecular weight is 454 g/mol. The summed E-state index contributed by atoms with van der Waals surface area (Å²) in [7, 11) is 0. The quantitative estimate of drug-likeness (QED) is 0.352. The third-order valence-electron chi connectivity index (χ3n) is 5.40. The fraction of sp³-hybridized carbons (Fsp3) is 0.179. The molecule has 6 nitrogen and oxygen atoms in total. The first-order valence-electron chi connectivity index (χ1n) is 11.0. The van der Waals surface area contributed by atoms with Crippen LogP contribution >= 0.6 is 0 Å². The van der Waals surface area contributed by atoms with Crippen LogP contribution in [0.25, 0.3) is 0 Å². The number of carbonyl (C=O) groups excluding carboxylic acids is 1. The van der Waals surface area contributed by atoms with E-state index in [9.17, 15) is 9.90 Å². The largest absolute Gasteiger partial charge is 0.458 e. The van der Waals surface area contributed by atoms with Gasteiger partial charge in [-0.3, -0.25) is 0 Å². The molecule has 0 spiro atoms. The molecule has 0 fully saturated rings. The average Bonchev–Trinajstić information content (AvgIpc) is 2.86. The predicted molar refractivity (Wildman–Crippen MR) is 127 cm³/mol. The summed E-state index contributed by atoms with van der Waals surface area (Å²) in [5, 5.41) is 14.8. The van der Waals surface area contributed by atoms with E-state index < -0.39 is 17.7 Å². The standard InChI is InChI=1S/C28H25N2O4/c1-20-18-21(2)30-27(29-20)34-25(26(31)33-19-22-12-6-3-7-13-22)28(32,23-14-8-4-9-15-23)24-16-10-5-11-17-24/h3-18,25H,19H2,1-2H3. The van der Waals surface area contributed by atoms with E-state index in [1.54, 1.807) is 68.4 Å². The van der Waals surface area contributed by atoms with E-state index >= 15 is 0 Å². The second-order valence-corrected chi connectivity index (χ2v) is 7.99. The molecule has 6 heteroatoms. The topological polar surface area (TPSA) is 81.2 Å². The van der Waals surface area contributed by atoms with E-state index in [1.807, 2.05) is 42.5 Å². The Hall–Kier alpha value is -4.03. The normalized spacial score (nSPS) is 12.1. The van der Waals surface area contributed by atoms with Crippen molar-refractivity contribution in [1.82, 2.24) is 9.97 Å². The highest BCUT2D eigenvalue weighted by atomic mass is 16.6. The van der Waals surface area contributed by atoms with Gasteiger partial charge in [0.2, 0.25) is 11.7 Å². The molecule has 171 valence electrons. The van der Waals surface area contributed by atoms with Crippen molar-refractivity contribution in [2.75, 3.05) is 0 Å². The number of hydrogen-bond donors (Lipinski definition) is 0. The van der Waals surface area contributed by atoms with Gasteiger partial charge in [-0.25, -0.2) is 19.9 Å². The maximum absolute atomic E-state index is 14.8. The SMILES string of the molecule is Cc1cc(C)nc(OC(C(=O)OCc2ccccc2)C([O])(c2ccccc2)c2ccccc2)n1. The Bertz CT molecular complexity index is 1170. The minimum atomic E-state index is -2.11. The first-order chi connectivity index (χ1) is 16.5. The van der Waals surface area contributed by atoms with Crippen LogP contribution in [-0.2, 0) is 26.8 Å². The fourth-order valence-corrected chi connectivity index (χ4v) is 3.79. The summed E-state index contributed by atoms with van der Waals surface area (Å²) in [6.07, 6.45) is -1.58. The van der Waals surface area contributed by atoms with Crippen LogP contribution in [0.2, 0.25) is 0 Å². The zero-order chi connectivity index (χ0) is 24.0. The Morgan fingerprint density at radius 2 is 1.26 bits per heavy atom. The number of carbonyl (C=O) groups is 1. The number of aromatic nitrogens is 2. The van der Waals surface area contributed by atoms with E-state index in [-0.39, 0.29) is 12.6 Å². The number of ether oxygens (including phenoxy) is 2. The van der Waals surface area contributed by atoms with Gasteiger partial charge in [-0.2, -0.15) is 0 Å². The minimum absolute atomic E-state index is 0.00684. The zero-order valence-corrected chi connectivity index (χ0v) is 19.0. The monoisotopic (exact) mass is 453 g/mol. The van der Waals surface area contributed by atoms with Crippen molar-refractivity contribution in [3.8, 4) is 6.01 Å². The van der Waals surface area contributed by atoms with Crippen LogP contribution in [0.5, 0.6) is 6.01 Å². The molecule has 1 unspecified atom stereocenters. The molecule has 0 amide bonds. The second kappa shape index (κ2) is 10.3. The van der Waals surface area contributed by atoms with Crippen LogP contribution in [0, 0.1) is 13.8 Å². The fourth-order valence-electron chi connectivity index (χ4n) is 3.79. The van der Waals surface area contributed by atoms with Crippen molar-refractivity contribution in [2.24, 2.45) is 0 Å². The van der Waals surface area contributed by atoms with Gasteiger partial charge in [0, 0.05) is 11.4 Å². The molecular formula is C28H25N2O4. The summed E-state index contributed by atoms with van der Waals surface area (Å²) in [6, 6.07) is 28.4.